The van der Waals surface area contributed by atoms with E-state index in [4.69, 9.17) is 15.2 Å². The summed E-state index contributed by atoms with van der Waals surface area (Å²) in [5.41, 5.74) is 7.27. The molecule has 19 heavy (non-hydrogen) atoms. The Morgan fingerprint density at radius 1 is 1.53 bits per heavy atom. The van der Waals surface area contributed by atoms with Gasteiger partial charge in [-0.3, -0.25) is 4.98 Å². The first-order valence-corrected chi connectivity index (χ1v) is 7.24. The van der Waals surface area contributed by atoms with E-state index in [2.05, 4.69) is 11.9 Å². The Morgan fingerprint density at radius 2 is 2.42 bits per heavy atom. The van der Waals surface area contributed by atoms with E-state index < -0.39 is 0 Å². The predicted molar refractivity (Wildman–Crippen MR) is 75.2 cm³/mol. The van der Waals surface area contributed by atoms with E-state index in [0.717, 1.165) is 43.8 Å². The molecule has 1 aromatic heterocycles. The molecule has 2 N–H and O–H groups in total. The van der Waals surface area contributed by atoms with Gasteiger partial charge < -0.3 is 15.2 Å². The maximum atomic E-state index is 6.22. The SMILES string of the molecule is CCCOc1cncc(C(N)CCC2CCCO2)c1. The van der Waals surface area contributed by atoms with Crippen molar-refractivity contribution >= 4 is 0 Å². The van der Waals surface area contributed by atoms with Crippen molar-refractivity contribution in [3.8, 4) is 5.75 Å². The van der Waals surface area contributed by atoms with Crippen molar-refractivity contribution in [3.63, 3.8) is 0 Å². The van der Waals surface area contributed by atoms with Gasteiger partial charge in [0.2, 0.25) is 0 Å². The lowest BCUT2D eigenvalue weighted by Crippen LogP contribution is -2.14. The molecule has 0 saturated carbocycles. The molecule has 0 bridgehead atoms. The molecule has 1 aromatic rings. The molecule has 106 valence electrons. The van der Waals surface area contributed by atoms with Crippen molar-refractivity contribution in [2.24, 2.45) is 5.73 Å². The van der Waals surface area contributed by atoms with Gasteiger partial charge in [-0.1, -0.05) is 6.92 Å². The van der Waals surface area contributed by atoms with E-state index in [0.29, 0.717) is 6.10 Å². The number of nitrogens with two attached hydrogens (primary N) is 1. The van der Waals surface area contributed by atoms with Crippen LogP contribution in [0.25, 0.3) is 0 Å². The molecule has 0 aromatic carbocycles. The summed E-state index contributed by atoms with van der Waals surface area (Å²) < 4.78 is 11.2. The smallest absolute Gasteiger partial charge is 0.137 e. The number of ether oxygens (including phenoxy) is 2. The van der Waals surface area contributed by atoms with Crippen LogP contribution in [0.4, 0.5) is 0 Å². The molecule has 0 radical (unpaired) electrons. The lowest BCUT2D eigenvalue weighted by molar-refractivity contribution is 0.101. The number of nitrogens with zero attached hydrogens (tertiary/aromatic N) is 1. The van der Waals surface area contributed by atoms with Crippen LogP contribution in [0.3, 0.4) is 0 Å². The summed E-state index contributed by atoms with van der Waals surface area (Å²) in [5.74, 6) is 0.812. The average molecular weight is 264 g/mol. The standard InChI is InChI=1S/C15H24N2O2/c1-2-7-18-14-9-12(10-17-11-14)15(16)6-5-13-4-3-8-19-13/h9-11,13,15H,2-8,16H2,1H3. The van der Waals surface area contributed by atoms with Crippen LogP contribution >= 0.6 is 0 Å². The third-order valence-corrected chi connectivity index (χ3v) is 3.46. The molecule has 0 amide bonds. The molecule has 4 nitrogen and oxygen atoms in total. The molecule has 2 atom stereocenters. The molecule has 2 rings (SSSR count). The van der Waals surface area contributed by atoms with E-state index in [-0.39, 0.29) is 6.04 Å². The summed E-state index contributed by atoms with van der Waals surface area (Å²) in [7, 11) is 0. The summed E-state index contributed by atoms with van der Waals surface area (Å²) in [6.45, 7) is 3.71. The van der Waals surface area contributed by atoms with Crippen molar-refractivity contribution in [1.29, 1.82) is 0 Å². The van der Waals surface area contributed by atoms with Gasteiger partial charge in [-0.05, 0) is 43.7 Å². The van der Waals surface area contributed by atoms with Crippen molar-refractivity contribution < 1.29 is 9.47 Å². The van der Waals surface area contributed by atoms with Gasteiger partial charge in [-0.2, -0.15) is 0 Å². The van der Waals surface area contributed by atoms with Crippen molar-refractivity contribution in [3.05, 3.63) is 24.0 Å². The van der Waals surface area contributed by atoms with Crippen LogP contribution in [0.5, 0.6) is 5.75 Å². The van der Waals surface area contributed by atoms with Gasteiger partial charge in [0.15, 0.2) is 0 Å². The average Bonchev–Trinajstić information content (AvgIpc) is 2.96. The molecule has 2 unspecified atom stereocenters. The number of aromatic nitrogens is 1. The molecule has 4 heteroatoms. The first-order valence-electron chi connectivity index (χ1n) is 7.24. The maximum absolute atomic E-state index is 6.22. The highest BCUT2D eigenvalue weighted by atomic mass is 16.5. The van der Waals surface area contributed by atoms with Gasteiger partial charge in [0, 0.05) is 18.8 Å². The lowest BCUT2D eigenvalue weighted by Gasteiger charge is -2.15. The molecular weight excluding hydrogens is 240 g/mol. The van der Waals surface area contributed by atoms with Crippen LogP contribution in [-0.2, 0) is 4.74 Å². The molecule has 1 fully saturated rings. The number of hydrogen-bond donors (Lipinski definition) is 1. The fraction of sp³-hybridized carbons (Fsp3) is 0.667. The Labute approximate surface area is 115 Å². The monoisotopic (exact) mass is 264 g/mol. The largest absolute Gasteiger partial charge is 0.492 e. The Kier molecular flexibility index (Phi) is 5.61. The van der Waals surface area contributed by atoms with Gasteiger partial charge in [0.05, 0.1) is 18.9 Å². The van der Waals surface area contributed by atoms with Gasteiger partial charge >= 0.3 is 0 Å². The summed E-state index contributed by atoms with van der Waals surface area (Å²) >= 11 is 0. The Balaban J connectivity index is 1.84. The topological polar surface area (TPSA) is 57.4 Å². The second-order valence-corrected chi connectivity index (χ2v) is 5.12. The van der Waals surface area contributed by atoms with Crippen LogP contribution in [0, 0.1) is 0 Å². The summed E-state index contributed by atoms with van der Waals surface area (Å²) in [6.07, 6.45) is 9.29. The van der Waals surface area contributed by atoms with Gasteiger partial charge in [-0.25, -0.2) is 0 Å². The van der Waals surface area contributed by atoms with Crippen LogP contribution in [0.1, 0.15) is 50.6 Å². The fourth-order valence-corrected chi connectivity index (χ4v) is 2.34. The predicted octanol–water partition coefficient (Wildman–Crippen LogP) is 2.83. The zero-order valence-corrected chi connectivity index (χ0v) is 11.7. The van der Waals surface area contributed by atoms with Crippen molar-refractivity contribution in [1.82, 2.24) is 4.98 Å². The highest BCUT2D eigenvalue weighted by Crippen LogP contribution is 2.24. The third kappa shape index (κ3) is 4.48. The highest BCUT2D eigenvalue weighted by Gasteiger charge is 2.17. The van der Waals surface area contributed by atoms with E-state index in [1.807, 2.05) is 12.3 Å². The van der Waals surface area contributed by atoms with E-state index in [9.17, 15) is 0 Å². The molecule has 1 saturated heterocycles. The zero-order chi connectivity index (χ0) is 13.5. The summed E-state index contributed by atoms with van der Waals surface area (Å²) in [5, 5.41) is 0. The second-order valence-electron chi connectivity index (χ2n) is 5.12. The van der Waals surface area contributed by atoms with Gasteiger partial charge in [0.25, 0.3) is 0 Å². The van der Waals surface area contributed by atoms with Crippen molar-refractivity contribution in [2.45, 2.75) is 51.2 Å². The van der Waals surface area contributed by atoms with Crippen LogP contribution in [0.2, 0.25) is 0 Å². The first kappa shape index (κ1) is 14.3. The molecule has 0 aliphatic carbocycles. The quantitative estimate of drug-likeness (QED) is 0.822. The van der Waals surface area contributed by atoms with E-state index in [1.165, 1.54) is 12.8 Å². The number of rotatable bonds is 7. The van der Waals surface area contributed by atoms with Crippen LogP contribution < -0.4 is 10.5 Å². The Morgan fingerprint density at radius 3 is 3.16 bits per heavy atom. The summed E-state index contributed by atoms with van der Waals surface area (Å²) in [6, 6.07) is 2.02. The van der Waals surface area contributed by atoms with Gasteiger partial charge in [0.1, 0.15) is 5.75 Å². The fourth-order valence-electron chi connectivity index (χ4n) is 2.34. The number of hydrogen-bond acceptors (Lipinski definition) is 4. The normalized spacial score (nSPS) is 20.4. The second kappa shape index (κ2) is 7.46. The third-order valence-electron chi connectivity index (χ3n) is 3.46. The molecule has 2 heterocycles. The lowest BCUT2D eigenvalue weighted by atomic mass is 10.0. The van der Waals surface area contributed by atoms with Crippen LogP contribution in [0.15, 0.2) is 18.5 Å². The molecule has 1 aliphatic rings. The minimum atomic E-state index is 0.0156. The molecular formula is C15H24N2O2. The van der Waals surface area contributed by atoms with Crippen molar-refractivity contribution in [2.75, 3.05) is 13.2 Å². The zero-order valence-electron chi connectivity index (χ0n) is 11.7. The summed E-state index contributed by atoms with van der Waals surface area (Å²) in [4.78, 5) is 4.20. The minimum absolute atomic E-state index is 0.0156. The van der Waals surface area contributed by atoms with Gasteiger partial charge in [-0.15, -0.1) is 0 Å². The molecule has 1 aliphatic heterocycles. The Bertz CT molecular complexity index is 378. The number of pyridine rings is 1. The van der Waals surface area contributed by atoms with Crippen LogP contribution in [-0.4, -0.2) is 24.3 Å². The van der Waals surface area contributed by atoms with E-state index in [1.54, 1.807) is 6.20 Å². The minimum Gasteiger partial charge on any atom is -0.492 e. The highest BCUT2D eigenvalue weighted by molar-refractivity contribution is 5.25. The first-order chi connectivity index (χ1) is 9.29. The molecule has 0 spiro atoms. The Hall–Kier alpha value is -1.13. The van der Waals surface area contributed by atoms with E-state index >= 15 is 0 Å². The maximum Gasteiger partial charge on any atom is 0.137 e.